The maximum Gasteiger partial charge on any atom is 0.251 e. The summed E-state index contributed by atoms with van der Waals surface area (Å²) >= 11 is 5.72. The van der Waals surface area contributed by atoms with Crippen LogP contribution in [0.1, 0.15) is 28.6 Å². The van der Waals surface area contributed by atoms with Gasteiger partial charge >= 0.3 is 0 Å². The van der Waals surface area contributed by atoms with Crippen molar-refractivity contribution in [1.29, 1.82) is 0 Å². The number of nitrogens with one attached hydrogen (secondary N) is 2. The Morgan fingerprint density at radius 2 is 2.10 bits per heavy atom. The van der Waals surface area contributed by atoms with Crippen molar-refractivity contribution >= 4 is 23.2 Å². The molecule has 0 aliphatic carbocycles. The largest absolute Gasteiger partial charge is 0.448 e. The molecule has 0 fully saturated rings. The molecule has 0 saturated carbocycles. The van der Waals surface area contributed by atoms with Crippen molar-refractivity contribution in [2.24, 2.45) is 0 Å². The Bertz CT molecular complexity index is 608. The summed E-state index contributed by atoms with van der Waals surface area (Å²) in [6, 6.07) is 9.10. The van der Waals surface area contributed by atoms with Gasteiger partial charge in [0.15, 0.2) is 5.22 Å². The van der Waals surface area contributed by atoms with Crippen LogP contribution >= 0.6 is 11.6 Å². The third-order valence-electron chi connectivity index (χ3n) is 2.91. The van der Waals surface area contributed by atoms with Gasteiger partial charge in [0.05, 0.1) is 6.54 Å². The smallest absolute Gasteiger partial charge is 0.251 e. The number of halogens is 1. The molecular weight excluding hydrogens is 276 g/mol. The number of carbonyl (C=O) groups excluding carboxylic acids is 1. The summed E-state index contributed by atoms with van der Waals surface area (Å²) in [5.74, 6) is 0.710. The summed E-state index contributed by atoms with van der Waals surface area (Å²) in [4.78, 5) is 11.7. The Hall–Kier alpha value is -1.94. The summed E-state index contributed by atoms with van der Waals surface area (Å²) in [5, 5.41) is 6.42. The monoisotopic (exact) mass is 292 g/mol. The summed E-state index contributed by atoms with van der Waals surface area (Å²) < 4.78 is 5.28. The van der Waals surface area contributed by atoms with Crippen LogP contribution in [0.4, 0.5) is 5.69 Å². The molecule has 4 nitrogen and oxygen atoms in total. The van der Waals surface area contributed by atoms with E-state index >= 15 is 0 Å². The molecule has 1 aromatic carbocycles. The number of carbonyl (C=O) groups is 1. The van der Waals surface area contributed by atoms with E-state index in [1.165, 1.54) is 0 Å². The van der Waals surface area contributed by atoms with E-state index in [1.54, 1.807) is 12.1 Å². The Labute approximate surface area is 123 Å². The van der Waals surface area contributed by atoms with Crippen molar-refractivity contribution < 1.29 is 9.21 Å². The first-order valence-corrected chi connectivity index (χ1v) is 6.85. The third-order valence-corrected chi connectivity index (χ3v) is 3.11. The van der Waals surface area contributed by atoms with Gasteiger partial charge in [-0.3, -0.25) is 4.79 Å². The van der Waals surface area contributed by atoms with Crippen LogP contribution in [-0.4, -0.2) is 12.5 Å². The molecule has 2 N–H and O–H groups in total. The van der Waals surface area contributed by atoms with Crippen LogP contribution < -0.4 is 10.6 Å². The molecule has 0 spiro atoms. The topological polar surface area (TPSA) is 54.3 Å². The first-order valence-electron chi connectivity index (χ1n) is 6.47. The minimum atomic E-state index is -0.0556. The molecule has 0 unspecified atom stereocenters. The number of benzene rings is 1. The zero-order valence-corrected chi connectivity index (χ0v) is 12.3. The van der Waals surface area contributed by atoms with E-state index in [-0.39, 0.29) is 5.91 Å². The molecule has 5 heteroatoms. The average molecular weight is 293 g/mol. The average Bonchev–Trinajstić information content (AvgIpc) is 2.83. The highest BCUT2D eigenvalue weighted by atomic mass is 35.5. The van der Waals surface area contributed by atoms with Crippen LogP contribution in [0.15, 0.2) is 34.7 Å². The van der Waals surface area contributed by atoms with Crippen LogP contribution in [0, 0.1) is 6.92 Å². The number of amides is 1. The van der Waals surface area contributed by atoms with E-state index in [1.807, 2.05) is 32.0 Å². The first-order chi connectivity index (χ1) is 9.60. The lowest BCUT2D eigenvalue weighted by molar-refractivity contribution is 0.0956. The van der Waals surface area contributed by atoms with Gasteiger partial charge in [0, 0.05) is 17.8 Å². The van der Waals surface area contributed by atoms with Crippen LogP contribution in [-0.2, 0) is 6.54 Å². The standard InChI is InChI=1S/C15H17ClN2O2/c1-3-17-15(19)11-4-6-13(10(2)8-11)18-9-12-5-7-14(16)20-12/h4-8,18H,3,9H2,1-2H3,(H,17,19). The Morgan fingerprint density at radius 1 is 1.30 bits per heavy atom. The predicted molar refractivity (Wildman–Crippen MR) is 80.2 cm³/mol. The van der Waals surface area contributed by atoms with Crippen molar-refractivity contribution in [3.63, 3.8) is 0 Å². The molecule has 106 valence electrons. The Kier molecular flexibility index (Phi) is 4.69. The summed E-state index contributed by atoms with van der Waals surface area (Å²) in [7, 11) is 0. The molecule has 1 aromatic heterocycles. The lowest BCUT2D eigenvalue weighted by Crippen LogP contribution is -2.22. The maximum absolute atomic E-state index is 11.7. The highest BCUT2D eigenvalue weighted by Crippen LogP contribution is 2.19. The SMILES string of the molecule is CCNC(=O)c1ccc(NCc2ccc(Cl)o2)c(C)c1. The van der Waals surface area contributed by atoms with Gasteiger partial charge in [-0.15, -0.1) is 0 Å². The van der Waals surface area contributed by atoms with Gasteiger partial charge in [-0.05, 0) is 61.3 Å². The number of anilines is 1. The number of aryl methyl sites for hydroxylation is 1. The van der Waals surface area contributed by atoms with Gasteiger partial charge in [-0.1, -0.05) is 0 Å². The van der Waals surface area contributed by atoms with E-state index < -0.39 is 0 Å². The maximum atomic E-state index is 11.7. The first kappa shape index (κ1) is 14.5. The van der Waals surface area contributed by atoms with Crippen molar-refractivity contribution in [3.8, 4) is 0 Å². The van der Waals surface area contributed by atoms with Crippen molar-refractivity contribution in [1.82, 2.24) is 5.32 Å². The fraction of sp³-hybridized carbons (Fsp3) is 0.267. The van der Waals surface area contributed by atoms with Crippen LogP contribution in [0.5, 0.6) is 0 Å². The van der Waals surface area contributed by atoms with Crippen molar-refractivity contribution in [3.05, 3.63) is 52.4 Å². The number of rotatable bonds is 5. The van der Waals surface area contributed by atoms with E-state index in [9.17, 15) is 4.79 Å². The lowest BCUT2D eigenvalue weighted by atomic mass is 10.1. The summed E-state index contributed by atoms with van der Waals surface area (Å²) in [5.41, 5.74) is 2.63. The number of hydrogen-bond acceptors (Lipinski definition) is 3. The van der Waals surface area contributed by atoms with Gasteiger partial charge < -0.3 is 15.1 Å². The lowest BCUT2D eigenvalue weighted by Gasteiger charge is -2.10. The van der Waals surface area contributed by atoms with Crippen molar-refractivity contribution in [2.75, 3.05) is 11.9 Å². The summed E-state index contributed by atoms with van der Waals surface area (Å²) in [6.07, 6.45) is 0. The molecule has 0 saturated heterocycles. The molecule has 0 aliphatic heterocycles. The molecule has 20 heavy (non-hydrogen) atoms. The minimum Gasteiger partial charge on any atom is -0.448 e. The zero-order valence-electron chi connectivity index (χ0n) is 11.5. The second kappa shape index (κ2) is 6.48. The number of hydrogen-bond donors (Lipinski definition) is 2. The summed E-state index contributed by atoms with van der Waals surface area (Å²) in [6.45, 7) is 5.03. The molecule has 0 bridgehead atoms. The van der Waals surface area contributed by atoms with E-state index in [0.717, 1.165) is 17.0 Å². The molecular formula is C15H17ClN2O2. The quantitative estimate of drug-likeness (QED) is 0.885. The molecule has 2 rings (SSSR count). The van der Waals surface area contributed by atoms with Crippen LogP contribution in [0.2, 0.25) is 5.22 Å². The minimum absolute atomic E-state index is 0.0556. The van der Waals surface area contributed by atoms with Crippen LogP contribution in [0.3, 0.4) is 0 Å². The highest BCUT2D eigenvalue weighted by Gasteiger charge is 2.07. The normalized spacial score (nSPS) is 10.3. The zero-order chi connectivity index (χ0) is 14.5. The van der Waals surface area contributed by atoms with Crippen molar-refractivity contribution in [2.45, 2.75) is 20.4 Å². The van der Waals surface area contributed by atoms with Gasteiger partial charge in [0.1, 0.15) is 5.76 Å². The molecule has 1 amide bonds. The highest BCUT2D eigenvalue weighted by molar-refractivity contribution is 6.28. The van der Waals surface area contributed by atoms with E-state index in [2.05, 4.69) is 10.6 Å². The molecule has 2 aromatic rings. The predicted octanol–water partition coefficient (Wildman–Crippen LogP) is 3.60. The van der Waals surface area contributed by atoms with Gasteiger partial charge in [0.2, 0.25) is 0 Å². The van der Waals surface area contributed by atoms with E-state index in [0.29, 0.717) is 23.9 Å². The Morgan fingerprint density at radius 3 is 2.70 bits per heavy atom. The second-order valence-electron chi connectivity index (χ2n) is 4.45. The molecule has 0 aliphatic rings. The van der Waals surface area contributed by atoms with Gasteiger partial charge in [-0.2, -0.15) is 0 Å². The molecule has 1 heterocycles. The van der Waals surface area contributed by atoms with Crippen LogP contribution in [0.25, 0.3) is 0 Å². The fourth-order valence-corrected chi connectivity index (χ4v) is 2.06. The van der Waals surface area contributed by atoms with Gasteiger partial charge in [-0.25, -0.2) is 0 Å². The second-order valence-corrected chi connectivity index (χ2v) is 4.82. The molecule has 0 radical (unpaired) electrons. The molecule has 0 atom stereocenters. The fourth-order valence-electron chi connectivity index (χ4n) is 1.89. The van der Waals surface area contributed by atoms with Gasteiger partial charge in [0.25, 0.3) is 5.91 Å². The Balaban J connectivity index is 2.04. The number of furan rings is 1. The third kappa shape index (κ3) is 3.54. The van der Waals surface area contributed by atoms with E-state index in [4.69, 9.17) is 16.0 Å².